The van der Waals surface area contributed by atoms with Crippen LogP contribution in [0.3, 0.4) is 0 Å². The second-order valence-corrected chi connectivity index (χ2v) is 6.28. The summed E-state index contributed by atoms with van der Waals surface area (Å²) in [6, 6.07) is 5.28. The Morgan fingerprint density at radius 3 is 2.73 bits per heavy atom. The zero-order valence-electron chi connectivity index (χ0n) is 8.76. The molecule has 0 radical (unpaired) electrons. The molecule has 2 aliphatic rings. The van der Waals surface area contributed by atoms with Crippen LogP contribution in [0.1, 0.15) is 37.7 Å². The van der Waals surface area contributed by atoms with E-state index < -0.39 is 0 Å². The van der Waals surface area contributed by atoms with E-state index in [1.165, 1.54) is 42.6 Å². The third-order valence-electron chi connectivity index (χ3n) is 3.63. The van der Waals surface area contributed by atoms with Gasteiger partial charge in [0.15, 0.2) is 0 Å². The van der Waals surface area contributed by atoms with E-state index in [9.17, 15) is 4.39 Å². The molecule has 15 heavy (non-hydrogen) atoms. The minimum absolute atomic E-state index is 0.0888. The maximum Gasteiger partial charge on any atom is 0.124 e. The van der Waals surface area contributed by atoms with Crippen molar-refractivity contribution in [1.29, 1.82) is 0 Å². The third kappa shape index (κ3) is 1.69. The summed E-state index contributed by atoms with van der Waals surface area (Å²) in [5.41, 5.74) is 1.36. The lowest BCUT2D eigenvalue weighted by atomic mass is 9.84. The first-order valence-corrected chi connectivity index (χ1v) is 6.57. The lowest BCUT2D eigenvalue weighted by molar-refractivity contribution is 0.400. The number of thioether (sulfide) groups is 1. The van der Waals surface area contributed by atoms with Crippen molar-refractivity contribution in [2.24, 2.45) is 0 Å². The molecule has 0 unspecified atom stereocenters. The van der Waals surface area contributed by atoms with Gasteiger partial charge in [0.25, 0.3) is 0 Å². The summed E-state index contributed by atoms with van der Waals surface area (Å²) in [6.45, 7) is 0. The van der Waals surface area contributed by atoms with E-state index in [-0.39, 0.29) is 5.82 Å². The monoisotopic (exact) mass is 222 g/mol. The molecule has 3 rings (SSSR count). The molecule has 1 aromatic carbocycles. The summed E-state index contributed by atoms with van der Waals surface area (Å²) in [5.74, 6) is -0.0888. The number of fused-ring (bicyclic) bond motifs is 1. The van der Waals surface area contributed by atoms with E-state index in [0.29, 0.717) is 4.75 Å². The van der Waals surface area contributed by atoms with Gasteiger partial charge in [-0.25, -0.2) is 4.39 Å². The minimum Gasteiger partial charge on any atom is -0.207 e. The standard InChI is InChI=1S/C13H15FS/c14-11-5-4-10-9-13(15-12(10)8-11)6-2-1-3-7-13/h4-5,8H,1-3,6-7,9H2. The largest absolute Gasteiger partial charge is 0.207 e. The molecule has 0 N–H and O–H groups in total. The normalized spacial score (nSPS) is 23.0. The lowest BCUT2D eigenvalue weighted by Crippen LogP contribution is -2.26. The predicted octanol–water partition coefficient (Wildman–Crippen LogP) is 4.18. The highest BCUT2D eigenvalue weighted by molar-refractivity contribution is 8.01. The van der Waals surface area contributed by atoms with E-state index in [4.69, 9.17) is 0 Å². The van der Waals surface area contributed by atoms with Gasteiger partial charge in [-0.1, -0.05) is 25.3 Å². The van der Waals surface area contributed by atoms with Gasteiger partial charge in [-0.05, 0) is 37.0 Å². The molecule has 1 fully saturated rings. The molecule has 1 heterocycles. The first-order chi connectivity index (χ1) is 7.27. The molecule has 0 aromatic heterocycles. The highest BCUT2D eigenvalue weighted by Gasteiger charge is 2.38. The maximum atomic E-state index is 13.1. The van der Waals surface area contributed by atoms with Gasteiger partial charge < -0.3 is 0 Å². The first-order valence-electron chi connectivity index (χ1n) is 5.75. The Labute approximate surface area is 94.3 Å². The van der Waals surface area contributed by atoms with Crippen LogP contribution in [0.15, 0.2) is 23.1 Å². The molecule has 0 saturated heterocycles. The number of hydrogen-bond donors (Lipinski definition) is 0. The summed E-state index contributed by atoms with van der Waals surface area (Å²) in [6.07, 6.45) is 7.87. The quantitative estimate of drug-likeness (QED) is 0.634. The van der Waals surface area contributed by atoms with Crippen LogP contribution in [-0.2, 0) is 6.42 Å². The van der Waals surface area contributed by atoms with Gasteiger partial charge in [-0.3, -0.25) is 0 Å². The third-order valence-corrected chi connectivity index (χ3v) is 5.22. The van der Waals surface area contributed by atoms with Crippen molar-refractivity contribution in [2.75, 3.05) is 0 Å². The molecule has 80 valence electrons. The van der Waals surface area contributed by atoms with Crippen molar-refractivity contribution in [2.45, 2.75) is 48.2 Å². The summed E-state index contributed by atoms with van der Waals surface area (Å²) in [5, 5.41) is 0. The van der Waals surface area contributed by atoms with Crippen LogP contribution < -0.4 is 0 Å². The van der Waals surface area contributed by atoms with Crippen molar-refractivity contribution in [1.82, 2.24) is 0 Å². The Balaban J connectivity index is 1.90. The smallest absolute Gasteiger partial charge is 0.124 e. The van der Waals surface area contributed by atoms with Crippen molar-refractivity contribution in [3.63, 3.8) is 0 Å². The van der Waals surface area contributed by atoms with Crippen molar-refractivity contribution in [3.8, 4) is 0 Å². The summed E-state index contributed by atoms with van der Waals surface area (Å²) >= 11 is 1.93. The van der Waals surface area contributed by atoms with Crippen molar-refractivity contribution in [3.05, 3.63) is 29.6 Å². The van der Waals surface area contributed by atoms with Gasteiger partial charge in [0.1, 0.15) is 5.82 Å². The van der Waals surface area contributed by atoms with Crippen LogP contribution in [0.2, 0.25) is 0 Å². The highest BCUT2D eigenvalue weighted by atomic mass is 32.2. The summed E-state index contributed by atoms with van der Waals surface area (Å²) in [7, 11) is 0. The topological polar surface area (TPSA) is 0 Å². The van der Waals surface area contributed by atoms with Gasteiger partial charge in [0.2, 0.25) is 0 Å². The molecule has 1 aliphatic carbocycles. The van der Waals surface area contributed by atoms with Crippen LogP contribution in [-0.4, -0.2) is 4.75 Å². The first kappa shape index (κ1) is 9.71. The Morgan fingerprint density at radius 1 is 1.13 bits per heavy atom. The Bertz CT molecular complexity index is 380. The molecule has 0 bridgehead atoms. The van der Waals surface area contributed by atoms with E-state index >= 15 is 0 Å². The fraction of sp³-hybridized carbons (Fsp3) is 0.538. The average molecular weight is 222 g/mol. The lowest BCUT2D eigenvalue weighted by Gasteiger charge is -2.32. The highest BCUT2D eigenvalue weighted by Crippen LogP contribution is 2.52. The second-order valence-electron chi connectivity index (χ2n) is 4.77. The van der Waals surface area contributed by atoms with Crippen molar-refractivity contribution < 1.29 is 4.39 Å². The Hall–Kier alpha value is -0.500. The van der Waals surface area contributed by atoms with Crippen LogP contribution in [0.5, 0.6) is 0 Å². The maximum absolute atomic E-state index is 13.1. The molecule has 0 nitrogen and oxygen atoms in total. The van der Waals surface area contributed by atoms with Crippen LogP contribution in [0, 0.1) is 5.82 Å². The number of hydrogen-bond acceptors (Lipinski definition) is 1. The zero-order chi connectivity index (χ0) is 10.3. The predicted molar refractivity (Wildman–Crippen MR) is 61.8 cm³/mol. The van der Waals surface area contributed by atoms with E-state index in [0.717, 1.165) is 6.42 Å². The van der Waals surface area contributed by atoms with Gasteiger partial charge in [0, 0.05) is 9.64 Å². The molecule has 0 amide bonds. The zero-order valence-corrected chi connectivity index (χ0v) is 9.58. The second kappa shape index (κ2) is 3.51. The van der Waals surface area contributed by atoms with Crippen LogP contribution in [0.25, 0.3) is 0 Å². The number of rotatable bonds is 0. The number of halogens is 1. The molecule has 2 heteroatoms. The van der Waals surface area contributed by atoms with Gasteiger partial charge >= 0.3 is 0 Å². The van der Waals surface area contributed by atoms with E-state index in [1.54, 1.807) is 12.1 Å². The SMILES string of the molecule is Fc1ccc2c(c1)SC1(CCCCC1)C2. The van der Waals surface area contributed by atoms with Gasteiger partial charge in [0.05, 0.1) is 0 Å². The molecule has 1 aromatic rings. The fourth-order valence-corrected chi connectivity index (χ4v) is 4.49. The molecular weight excluding hydrogens is 207 g/mol. The Morgan fingerprint density at radius 2 is 1.93 bits per heavy atom. The summed E-state index contributed by atoms with van der Waals surface area (Å²) in [4.78, 5) is 1.19. The van der Waals surface area contributed by atoms with Crippen molar-refractivity contribution >= 4 is 11.8 Å². The Kier molecular flexibility index (Phi) is 2.27. The number of benzene rings is 1. The van der Waals surface area contributed by atoms with E-state index in [1.807, 2.05) is 17.8 Å². The average Bonchev–Trinajstić information content (AvgIpc) is 2.56. The van der Waals surface area contributed by atoms with Crippen LogP contribution in [0.4, 0.5) is 4.39 Å². The minimum atomic E-state index is -0.0888. The molecule has 1 spiro atoms. The fourth-order valence-electron chi connectivity index (χ4n) is 2.86. The van der Waals surface area contributed by atoms with Gasteiger partial charge in [-0.15, -0.1) is 11.8 Å². The molecule has 1 saturated carbocycles. The molecular formula is C13H15FS. The van der Waals surface area contributed by atoms with E-state index in [2.05, 4.69) is 0 Å². The van der Waals surface area contributed by atoms with Gasteiger partial charge in [-0.2, -0.15) is 0 Å². The molecule has 1 aliphatic heterocycles. The van der Waals surface area contributed by atoms with Crippen LogP contribution >= 0.6 is 11.8 Å². The molecule has 0 atom stereocenters. The summed E-state index contributed by atoms with van der Waals surface area (Å²) < 4.78 is 13.5.